The van der Waals surface area contributed by atoms with Gasteiger partial charge in [-0.05, 0) is 105 Å². The summed E-state index contributed by atoms with van der Waals surface area (Å²) in [6.07, 6.45) is 2.34. The van der Waals surface area contributed by atoms with Gasteiger partial charge in [-0.1, -0.05) is 113 Å². The molecule has 0 saturated carbocycles. The number of para-hydroxylation sites is 3. The Hall–Kier alpha value is -6.20. The molecule has 0 radical (unpaired) electrons. The molecule has 56 heavy (non-hydrogen) atoms. The lowest BCUT2D eigenvalue weighted by Crippen LogP contribution is -2.57. The Balaban J connectivity index is 1.25. The van der Waals surface area contributed by atoms with Crippen LogP contribution in [0, 0.1) is 6.92 Å². The molecule has 0 fully saturated rings. The number of furan rings is 2. The van der Waals surface area contributed by atoms with E-state index in [1.165, 1.54) is 83.6 Å². The molecule has 5 heteroatoms. The van der Waals surface area contributed by atoms with Gasteiger partial charge in [0.05, 0.1) is 5.39 Å². The molecule has 10 aromatic rings. The van der Waals surface area contributed by atoms with Gasteiger partial charge in [-0.25, -0.2) is 0 Å². The Morgan fingerprint density at radius 3 is 2.05 bits per heavy atom. The molecule has 3 aromatic heterocycles. The van der Waals surface area contributed by atoms with E-state index in [-0.39, 0.29) is 17.7 Å². The number of aryl methyl sites for hydroxylation is 1. The molecule has 2 aliphatic heterocycles. The van der Waals surface area contributed by atoms with Crippen LogP contribution < -0.4 is 15.8 Å². The highest BCUT2D eigenvalue weighted by Crippen LogP contribution is 2.53. The third-order valence-electron chi connectivity index (χ3n) is 13.9. The summed E-state index contributed by atoms with van der Waals surface area (Å²) in [5.41, 5.74) is 17.9. The van der Waals surface area contributed by atoms with Crippen molar-refractivity contribution >= 4 is 101 Å². The Morgan fingerprint density at radius 1 is 0.571 bits per heavy atom. The van der Waals surface area contributed by atoms with Crippen LogP contribution >= 0.6 is 0 Å². The smallest absolute Gasteiger partial charge is 0.339 e. The van der Waals surface area contributed by atoms with E-state index in [2.05, 4.69) is 165 Å². The summed E-state index contributed by atoms with van der Waals surface area (Å²) < 4.78 is 16.6. The van der Waals surface area contributed by atoms with Crippen molar-refractivity contribution in [2.75, 3.05) is 4.90 Å². The Morgan fingerprint density at radius 2 is 1.25 bits per heavy atom. The van der Waals surface area contributed by atoms with Gasteiger partial charge >= 0.3 is 6.85 Å². The highest BCUT2D eigenvalue weighted by atomic mass is 16.3. The maximum absolute atomic E-state index is 7.08. The molecular weight excluding hydrogens is 683 g/mol. The van der Waals surface area contributed by atoms with Gasteiger partial charge in [0.2, 0.25) is 0 Å². The molecule has 0 unspecified atom stereocenters. The van der Waals surface area contributed by atoms with E-state index >= 15 is 0 Å². The second-order valence-electron chi connectivity index (χ2n) is 17.9. The molecule has 1 aliphatic carbocycles. The van der Waals surface area contributed by atoms with E-state index in [0.29, 0.717) is 0 Å². The highest BCUT2D eigenvalue weighted by molar-refractivity contribution is 6.92. The zero-order valence-electron chi connectivity index (χ0n) is 32.2. The van der Waals surface area contributed by atoms with Gasteiger partial charge in [0.25, 0.3) is 0 Å². The van der Waals surface area contributed by atoms with Crippen molar-refractivity contribution in [2.24, 2.45) is 0 Å². The summed E-state index contributed by atoms with van der Waals surface area (Å²) in [6, 6.07) is 45.0. The molecule has 4 nitrogen and oxygen atoms in total. The molecule has 7 aromatic carbocycles. The Labute approximate surface area is 325 Å². The third kappa shape index (κ3) is 3.68. The minimum Gasteiger partial charge on any atom is -0.456 e. The van der Waals surface area contributed by atoms with Gasteiger partial charge in [0, 0.05) is 55.2 Å². The quantitative estimate of drug-likeness (QED) is 0.158. The molecule has 0 atom stereocenters. The molecular formula is C51H39BN2O2. The molecule has 3 aliphatic rings. The normalized spacial score (nSPS) is 16.4. The summed E-state index contributed by atoms with van der Waals surface area (Å²) >= 11 is 0. The number of nitrogens with zero attached hydrogens (tertiary/aromatic N) is 2. The number of hydrogen-bond acceptors (Lipinski definition) is 3. The monoisotopic (exact) mass is 722 g/mol. The Bertz CT molecular complexity index is 3410. The van der Waals surface area contributed by atoms with Crippen LogP contribution in [0.25, 0.3) is 76.8 Å². The fourth-order valence-corrected chi connectivity index (χ4v) is 11.1. The SMILES string of the molecule is Cc1cc2c(cc1N1c3cc4ccccc4c4c3B(c3c1ccc1c3oc3ccccc31)n1c3oc5ccccc5c3c3cccc-4c31)C(C)(C)CCC2(C)C. The summed E-state index contributed by atoms with van der Waals surface area (Å²) in [7, 11) is 0. The number of aromatic nitrogens is 1. The zero-order chi connectivity index (χ0) is 37.4. The predicted octanol–water partition coefficient (Wildman–Crippen LogP) is 12.7. The van der Waals surface area contributed by atoms with E-state index in [4.69, 9.17) is 8.83 Å². The van der Waals surface area contributed by atoms with E-state index in [9.17, 15) is 0 Å². The highest BCUT2D eigenvalue weighted by Gasteiger charge is 2.47. The zero-order valence-corrected chi connectivity index (χ0v) is 32.2. The molecule has 5 heterocycles. The van der Waals surface area contributed by atoms with Crippen LogP contribution in [0.15, 0.2) is 130 Å². The lowest BCUT2D eigenvalue weighted by molar-refractivity contribution is 0.332. The first-order chi connectivity index (χ1) is 27.2. The van der Waals surface area contributed by atoms with Crippen molar-refractivity contribution in [1.29, 1.82) is 0 Å². The number of hydrogen-bond donors (Lipinski definition) is 0. The van der Waals surface area contributed by atoms with Gasteiger partial charge in [0.15, 0.2) is 5.71 Å². The summed E-state index contributed by atoms with van der Waals surface area (Å²) in [6.45, 7) is 11.8. The molecule has 0 spiro atoms. The van der Waals surface area contributed by atoms with E-state index < -0.39 is 0 Å². The summed E-state index contributed by atoms with van der Waals surface area (Å²) in [5.74, 6) is 0. The first kappa shape index (κ1) is 31.1. The second kappa shape index (κ2) is 10.2. The molecule has 13 rings (SSSR count). The topological polar surface area (TPSA) is 34.5 Å². The van der Waals surface area contributed by atoms with E-state index in [1.807, 2.05) is 0 Å². The predicted molar refractivity (Wildman–Crippen MR) is 235 cm³/mol. The number of fused-ring (bicyclic) bond motifs is 16. The maximum atomic E-state index is 7.08. The van der Waals surface area contributed by atoms with Crippen LogP contribution in [0.3, 0.4) is 0 Å². The van der Waals surface area contributed by atoms with Crippen molar-refractivity contribution in [2.45, 2.75) is 58.3 Å². The summed E-state index contributed by atoms with van der Waals surface area (Å²) in [4.78, 5) is 2.58. The van der Waals surface area contributed by atoms with Gasteiger partial charge in [0.1, 0.15) is 16.7 Å². The van der Waals surface area contributed by atoms with Crippen LogP contribution in [0.1, 0.15) is 57.2 Å². The van der Waals surface area contributed by atoms with Crippen molar-refractivity contribution in [3.05, 3.63) is 138 Å². The Kier molecular flexibility index (Phi) is 5.63. The van der Waals surface area contributed by atoms with Crippen LogP contribution in [0.2, 0.25) is 0 Å². The van der Waals surface area contributed by atoms with E-state index in [1.54, 1.807) is 0 Å². The molecule has 0 amide bonds. The second-order valence-corrected chi connectivity index (χ2v) is 17.9. The first-order valence-electron chi connectivity index (χ1n) is 20.1. The molecule has 0 saturated heterocycles. The van der Waals surface area contributed by atoms with E-state index in [0.717, 1.165) is 50.7 Å². The largest absolute Gasteiger partial charge is 0.456 e. The van der Waals surface area contributed by atoms with Crippen LogP contribution in [0.5, 0.6) is 0 Å². The van der Waals surface area contributed by atoms with Crippen molar-refractivity contribution < 1.29 is 8.83 Å². The van der Waals surface area contributed by atoms with Gasteiger partial charge < -0.3 is 18.2 Å². The van der Waals surface area contributed by atoms with Gasteiger partial charge in [-0.2, -0.15) is 0 Å². The average molecular weight is 723 g/mol. The molecule has 0 bridgehead atoms. The maximum Gasteiger partial charge on any atom is 0.339 e. The number of anilines is 3. The number of rotatable bonds is 1. The fourth-order valence-electron chi connectivity index (χ4n) is 11.1. The van der Waals surface area contributed by atoms with Crippen LogP contribution in [0.4, 0.5) is 17.1 Å². The third-order valence-corrected chi connectivity index (χ3v) is 13.9. The van der Waals surface area contributed by atoms with Crippen LogP contribution in [-0.2, 0) is 10.8 Å². The molecule has 0 N–H and O–H groups in total. The van der Waals surface area contributed by atoms with Crippen molar-refractivity contribution in [3.8, 4) is 11.1 Å². The minimum atomic E-state index is -0.205. The number of benzene rings is 7. The standard InChI is InChI=1S/C51H39BN2O2/c1-28-25-36-37(51(4,5)24-23-50(36,2)3)27-39(28)53-38-22-21-32-31-15-8-10-19-41(31)55-48(32)46(38)52-45-40(53)26-29-13-6-7-14-30(29)43(45)34-17-12-18-35-44-33-16-9-11-20-42(33)56-49(44)54(52)47(34)35/h6-22,25-27H,23-24H2,1-5H3. The van der Waals surface area contributed by atoms with Gasteiger partial charge in [-0.3, -0.25) is 0 Å². The van der Waals surface area contributed by atoms with Crippen LogP contribution in [-0.4, -0.2) is 11.3 Å². The average Bonchev–Trinajstić information content (AvgIpc) is 3.87. The minimum absolute atomic E-state index is 0.0581. The van der Waals surface area contributed by atoms with Crippen molar-refractivity contribution in [3.63, 3.8) is 0 Å². The van der Waals surface area contributed by atoms with Gasteiger partial charge in [-0.15, -0.1) is 0 Å². The lowest BCUT2D eigenvalue weighted by atomic mass is 9.44. The fraction of sp³-hybridized carbons (Fsp3) is 0.176. The summed E-state index contributed by atoms with van der Waals surface area (Å²) in [5, 5.41) is 8.32. The first-order valence-corrected chi connectivity index (χ1v) is 20.1. The molecule has 268 valence electrons. The lowest BCUT2D eigenvalue weighted by Gasteiger charge is -2.44. The van der Waals surface area contributed by atoms with Crippen molar-refractivity contribution in [1.82, 2.24) is 4.48 Å².